The van der Waals surface area contributed by atoms with Gasteiger partial charge in [0, 0.05) is 5.56 Å². The van der Waals surface area contributed by atoms with Gasteiger partial charge in [0.15, 0.2) is 0 Å². The third kappa shape index (κ3) is 7.01. The molecule has 1 aliphatic carbocycles. The molecule has 1 saturated heterocycles. The van der Waals surface area contributed by atoms with Gasteiger partial charge >= 0.3 is 5.97 Å². The molecule has 3 rings (SSSR count). The van der Waals surface area contributed by atoms with Crippen LogP contribution < -0.4 is 0 Å². The second-order valence-electron chi connectivity index (χ2n) is 10.5. The molecule has 6 nitrogen and oxygen atoms in total. The molecule has 2 aliphatic rings. The molecule has 31 heavy (non-hydrogen) atoms. The highest BCUT2D eigenvalue weighted by atomic mass is 16.5. The fraction of sp³-hybridized carbons (Fsp3) is 0.720. The Morgan fingerprint density at radius 2 is 1.90 bits per heavy atom. The largest absolute Gasteiger partial charge is 0.465 e. The van der Waals surface area contributed by atoms with E-state index in [-0.39, 0.29) is 12.1 Å². The summed E-state index contributed by atoms with van der Waals surface area (Å²) >= 11 is 0. The van der Waals surface area contributed by atoms with Crippen LogP contribution in [0.15, 0.2) is 24.3 Å². The number of nitrogens with zero attached hydrogens (tertiary/aromatic N) is 1. The minimum absolute atomic E-state index is 0.234. The number of carbonyl (C=O) groups excluding carboxylic acids is 1. The molecule has 0 radical (unpaired) electrons. The van der Waals surface area contributed by atoms with Crippen molar-refractivity contribution in [3.05, 3.63) is 35.4 Å². The molecule has 1 aromatic rings. The Morgan fingerprint density at radius 3 is 2.52 bits per heavy atom. The van der Waals surface area contributed by atoms with E-state index in [2.05, 4.69) is 20.8 Å². The number of carbonyl (C=O) groups is 1. The third-order valence-corrected chi connectivity index (χ3v) is 6.78. The lowest BCUT2D eigenvalue weighted by atomic mass is 9.71. The molecule has 3 atom stereocenters. The summed E-state index contributed by atoms with van der Waals surface area (Å²) in [5.74, 6) is 0.339. The van der Waals surface area contributed by atoms with E-state index in [9.17, 15) is 9.90 Å². The van der Waals surface area contributed by atoms with Crippen LogP contribution in [-0.4, -0.2) is 74.3 Å². The van der Waals surface area contributed by atoms with Crippen LogP contribution in [0.4, 0.5) is 0 Å². The summed E-state index contributed by atoms with van der Waals surface area (Å²) in [5, 5.41) is 10.9. The van der Waals surface area contributed by atoms with E-state index in [1.54, 1.807) is 0 Å². The molecule has 0 amide bonds. The first-order chi connectivity index (χ1) is 14.7. The van der Waals surface area contributed by atoms with Gasteiger partial charge in [-0.05, 0) is 42.7 Å². The van der Waals surface area contributed by atoms with Gasteiger partial charge < -0.3 is 23.8 Å². The maximum Gasteiger partial charge on any atom is 0.337 e. The van der Waals surface area contributed by atoms with Gasteiger partial charge in [-0.3, -0.25) is 0 Å². The molecule has 1 N–H and O–H groups in total. The molecule has 0 aromatic heterocycles. The number of quaternary nitrogens is 1. The molecule has 0 spiro atoms. The van der Waals surface area contributed by atoms with Crippen molar-refractivity contribution in [3.63, 3.8) is 0 Å². The van der Waals surface area contributed by atoms with Crippen LogP contribution in [0.5, 0.6) is 0 Å². The highest BCUT2D eigenvalue weighted by Gasteiger charge is 2.35. The minimum atomic E-state index is -0.507. The van der Waals surface area contributed by atoms with Crippen molar-refractivity contribution in [1.82, 2.24) is 0 Å². The van der Waals surface area contributed by atoms with Crippen LogP contribution in [0.1, 0.15) is 56.0 Å². The number of esters is 1. The van der Waals surface area contributed by atoms with Crippen LogP contribution in [0.2, 0.25) is 0 Å². The molecule has 1 heterocycles. The van der Waals surface area contributed by atoms with E-state index in [0.717, 1.165) is 42.5 Å². The fourth-order valence-electron chi connectivity index (χ4n) is 5.52. The summed E-state index contributed by atoms with van der Waals surface area (Å²) in [6.45, 7) is 11.9. The van der Waals surface area contributed by atoms with Gasteiger partial charge in [-0.2, -0.15) is 0 Å². The number of hydrogen-bond donors (Lipinski definition) is 1. The Balaban J connectivity index is 1.59. The number of methoxy groups -OCH3 is 1. The Hall–Kier alpha value is -1.47. The lowest BCUT2D eigenvalue weighted by Crippen LogP contribution is -2.58. The summed E-state index contributed by atoms with van der Waals surface area (Å²) in [7, 11) is 1.39. The lowest BCUT2D eigenvalue weighted by molar-refractivity contribution is -0.950. The van der Waals surface area contributed by atoms with Crippen molar-refractivity contribution in [2.45, 2.75) is 58.8 Å². The Labute approximate surface area is 187 Å². The van der Waals surface area contributed by atoms with E-state index in [4.69, 9.17) is 14.2 Å². The van der Waals surface area contributed by atoms with E-state index in [1.807, 2.05) is 24.3 Å². The first kappa shape index (κ1) is 24.2. The lowest BCUT2D eigenvalue weighted by Gasteiger charge is -2.43. The van der Waals surface area contributed by atoms with Gasteiger partial charge in [-0.1, -0.05) is 32.9 Å². The highest BCUT2D eigenvalue weighted by Crippen LogP contribution is 2.39. The van der Waals surface area contributed by atoms with Crippen molar-refractivity contribution in [1.29, 1.82) is 0 Å². The van der Waals surface area contributed by atoms with Crippen LogP contribution >= 0.6 is 0 Å². The molecule has 0 bridgehead atoms. The average molecular weight is 435 g/mol. The van der Waals surface area contributed by atoms with Gasteiger partial charge in [0.05, 0.1) is 38.6 Å². The van der Waals surface area contributed by atoms with Crippen molar-refractivity contribution < 1.29 is 28.6 Å². The zero-order valence-corrected chi connectivity index (χ0v) is 19.6. The van der Waals surface area contributed by atoms with Crippen molar-refractivity contribution in [2.24, 2.45) is 11.3 Å². The van der Waals surface area contributed by atoms with E-state index >= 15 is 0 Å². The number of aliphatic hydroxyl groups excluding tert-OH is 1. The molecule has 1 saturated carbocycles. The van der Waals surface area contributed by atoms with Crippen LogP contribution in [0.25, 0.3) is 0 Å². The number of benzene rings is 1. The third-order valence-electron chi connectivity index (χ3n) is 6.78. The number of aliphatic hydroxyl groups is 1. The van der Waals surface area contributed by atoms with Gasteiger partial charge in [0.1, 0.15) is 32.3 Å². The summed E-state index contributed by atoms with van der Waals surface area (Å²) in [6.07, 6.45) is 3.11. The number of rotatable bonds is 8. The number of ether oxygens (including phenoxy) is 3. The van der Waals surface area contributed by atoms with Gasteiger partial charge in [-0.15, -0.1) is 0 Å². The molecule has 174 valence electrons. The summed E-state index contributed by atoms with van der Waals surface area (Å²) < 4.78 is 17.4. The molecule has 1 aliphatic heterocycles. The average Bonchev–Trinajstić information content (AvgIpc) is 2.71. The van der Waals surface area contributed by atoms with Crippen molar-refractivity contribution >= 4 is 5.97 Å². The van der Waals surface area contributed by atoms with E-state index < -0.39 is 6.10 Å². The first-order valence-corrected chi connectivity index (χ1v) is 11.6. The minimum Gasteiger partial charge on any atom is -0.465 e. The van der Waals surface area contributed by atoms with Gasteiger partial charge in [-0.25, -0.2) is 4.79 Å². The summed E-state index contributed by atoms with van der Waals surface area (Å²) in [6, 6.07) is 7.58. The SMILES string of the molecule is COC(=O)c1ccc(C[N+]2(C[C@H](O)CO[C@H]3C[C@@H](C)CC(C)(C)C3)CCOCC2)cc1. The van der Waals surface area contributed by atoms with Gasteiger partial charge in [0.2, 0.25) is 0 Å². The topological polar surface area (TPSA) is 65.0 Å². The van der Waals surface area contributed by atoms with Crippen molar-refractivity contribution in [2.75, 3.05) is 46.6 Å². The van der Waals surface area contributed by atoms with Crippen LogP contribution in [0, 0.1) is 11.3 Å². The quantitative estimate of drug-likeness (QED) is 0.502. The Kier molecular flexibility index (Phi) is 8.14. The maximum absolute atomic E-state index is 11.7. The molecule has 1 aromatic carbocycles. The van der Waals surface area contributed by atoms with Crippen molar-refractivity contribution in [3.8, 4) is 0 Å². The van der Waals surface area contributed by atoms with E-state index in [0.29, 0.717) is 43.3 Å². The predicted molar refractivity (Wildman–Crippen MR) is 120 cm³/mol. The standard InChI is InChI=1S/C25H40NO5/c1-19-13-23(15-25(2,3)14-19)31-18-22(27)17-26(9-11-30-12-10-26)16-20-5-7-21(8-6-20)24(28)29-4/h5-8,19,22-23,27H,9-18H2,1-4H3/q+1/t19-,22+,23+/m1/s1. The monoisotopic (exact) mass is 434 g/mol. The fourth-order valence-corrected chi connectivity index (χ4v) is 5.52. The molecular formula is C25H40NO5+. The molecular weight excluding hydrogens is 394 g/mol. The maximum atomic E-state index is 11.7. The molecule has 0 unspecified atom stereocenters. The van der Waals surface area contributed by atoms with Crippen LogP contribution in [-0.2, 0) is 20.8 Å². The summed E-state index contributed by atoms with van der Waals surface area (Å²) in [4.78, 5) is 11.7. The van der Waals surface area contributed by atoms with Gasteiger partial charge in [0.25, 0.3) is 0 Å². The zero-order valence-electron chi connectivity index (χ0n) is 19.6. The normalized spacial score (nSPS) is 26.2. The Morgan fingerprint density at radius 1 is 1.23 bits per heavy atom. The molecule has 6 heteroatoms. The second-order valence-corrected chi connectivity index (χ2v) is 10.5. The molecule has 2 fully saturated rings. The summed E-state index contributed by atoms with van der Waals surface area (Å²) in [5.41, 5.74) is 2.00. The van der Waals surface area contributed by atoms with Crippen LogP contribution in [0.3, 0.4) is 0 Å². The Bertz CT molecular complexity index is 711. The zero-order chi connectivity index (χ0) is 22.5. The van der Waals surface area contributed by atoms with E-state index in [1.165, 1.54) is 13.5 Å². The smallest absolute Gasteiger partial charge is 0.337 e. The second kappa shape index (κ2) is 10.4. The first-order valence-electron chi connectivity index (χ1n) is 11.6. The number of hydrogen-bond acceptors (Lipinski definition) is 5. The number of morpholine rings is 1. The predicted octanol–water partition coefficient (Wildman–Crippen LogP) is 3.41. The highest BCUT2D eigenvalue weighted by molar-refractivity contribution is 5.89.